The SMILES string of the molecule is O=C(O)CCC[n+]1ccc(-c2cc[n+](CCCC(=O)O)cc2)cc1.[Br-].[Br-]. The van der Waals surface area contributed by atoms with Gasteiger partial charge in [0.15, 0.2) is 24.8 Å². The first-order chi connectivity index (χ1) is 11.5. The molecule has 142 valence electrons. The predicted molar refractivity (Wildman–Crippen MR) is 86.0 cm³/mol. The van der Waals surface area contributed by atoms with Gasteiger partial charge in [0.2, 0.25) is 0 Å². The van der Waals surface area contributed by atoms with Crippen molar-refractivity contribution in [1.82, 2.24) is 0 Å². The van der Waals surface area contributed by atoms with Gasteiger partial charge in [0.25, 0.3) is 0 Å². The minimum absolute atomic E-state index is 0. The molecule has 0 bridgehead atoms. The van der Waals surface area contributed by atoms with Crippen LogP contribution in [0, 0.1) is 0 Å². The van der Waals surface area contributed by atoms with Gasteiger partial charge in [-0.3, -0.25) is 9.59 Å². The van der Waals surface area contributed by atoms with Crippen LogP contribution >= 0.6 is 0 Å². The Kier molecular flexibility index (Phi) is 11.7. The predicted octanol–water partition coefficient (Wildman–Crippen LogP) is -4.33. The van der Waals surface area contributed by atoms with Crippen LogP contribution in [-0.2, 0) is 22.7 Å². The number of carboxylic acids is 2. The van der Waals surface area contributed by atoms with Crippen molar-refractivity contribution in [2.75, 3.05) is 0 Å². The molecule has 8 heteroatoms. The van der Waals surface area contributed by atoms with Crippen LogP contribution in [0.4, 0.5) is 0 Å². The van der Waals surface area contributed by atoms with Crippen LogP contribution in [0.15, 0.2) is 49.1 Å². The van der Waals surface area contributed by atoms with E-state index in [2.05, 4.69) is 0 Å². The average Bonchev–Trinajstić information content (AvgIpc) is 2.56. The summed E-state index contributed by atoms with van der Waals surface area (Å²) >= 11 is 0. The summed E-state index contributed by atoms with van der Waals surface area (Å²) < 4.78 is 3.95. The van der Waals surface area contributed by atoms with E-state index < -0.39 is 11.9 Å². The van der Waals surface area contributed by atoms with Crippen LogP contribution in [0.2, 0.25) is 0 Å². The second-order valence-electron chi connectivity index (χ2n) is 5.64. The van der Waals surface area contributed by atoms with E-state index in [-0.39, 0.29) is 46.8 Å². The molecule has 2 aromatic rings. The Morgan fingerprint density at radius 2 is 1.00 bits per heavy atom. The molecule has 0 aliphatic carbocycles. The van der Waals surface area contributed by atoms with Crippen molar-refractivity contribution in [3.05, 3.63) is 49.1 Å². The van der Waals surface area contributed by atoms with E-state index in [9.17, 15) is 9.59 Å². The van der Waals surface area contributed by atoms with Crippen LogP contribution in [-0.4, -0.2) is 22.2 Å². The maximum atomic E-state index is 10.5. The lowest BCUT2D eigenvalue weighted by molar-refractivity contribution is -0.697. The average molecular weight is 490 g/mol. The molecule has 0 aliphatic heterocycles. The Morgan fingerprint density at radius 1 is 0.692 bits per heavy atom. The highest BCUT2D eigenvalue weighted by Crippen LogP contribution is 2.15. The van der Waals surface area contributed by atoms with E-state index in [1.165, 1.54) is 0 Å². The molecule has 2 aromatic heterocycles. The quantitative estimate of drug-likeness (QED) is 0.349. The van der Waals surface area contributed by atoms with Gasteiger partial charge in [-0.25, -0.2) is 9.13 Å². The number of hydrogen-bond donors (Lipinski definition) is 2. The summed E-state index contributed by atoms with van der Waals surface area (Å²) in [5.41, 5.74) is 2.17. The van der Waals surface area contributed by atoms with Gasteiger partial charge in [0.05, 0.1) is 12.8 Å². The van der Waals surface area contributed by atoms with E-state index >= 15 is 0 Å². The third kappa shape index (κ3) is 8.53. The monoisotopic (exact) mass is 488 g/mol. The summed E-state index contributed by atoms with van der Waals surface area (Å²) in [6, 6.07) is 8.02. The van der Waals surface area contributed by atoms with Gasteiger partial charge < -0.3 is 44.2 Å². The fourth-order valence-electron chi connectivity index (χ4n) is 2.42. The number of aryl methyl sites for hydroxylation is 2. The number of carbonyl (C=O) groups is 2. The number of aromatic nitrogens is 2. The van der Waals surface area contributed by atoms with E-state index in [4.69, 9.17) is 10.2 Å². The second kappa shape index (κ2) is 12.5. The molecule has 0 radical (unpaired) electrons. The van der Waals surface area contributed by atoms with Gasteiger partial charge >= 0.3 is 11.9 Å². The number of rotatable bonds is 9. The number of pyridine rings is 2. The van der Waals surface area contributed by atoms with Crippen molar-refractivity contribution < 1.29 is 62.9 Å². The fraction of sp³-hybridized carbons (Fsp3) is 0.333. The van der Waals surface area contributed by atoms with Crippen molar-refractivity contribution in [1.29, 1.82) is 0 Å². The first-order valence-corrected chi connectivity index (χ1v) is 7.97. The Hall–Kier alpha value is -1.80. The van der Waals surface area contributed by atoms with E-state index in [1.807, 2.05) is 58.2 Å². The van der Waals surface area contributed by atoms with E-state index in [1.54, 1.807) is 0 Å². The van der Waals surface area contributed by atoms with Crippen molar-refractivity contribution in [3.8, 4) is 11.1 Å². The van der Waals surface area contributed by atoms with Gasteiger partial charge in [-0.15, -0.1) is 0 Å². The number of halogens is 2. The maximum absolute atomic E-state index is 10.5. The summed E-state index contributed by atoms with van der Waals surface area (Å²) in [6.07, 6.45) is 9.37. The molecule has 6 nitrogen and oxygen atoms in total. The van der Waals surface area contributed by atoms with Crippen LogP contribution in [0.1, 0.15) is 25.7 Å². The zero-order valence-electron chi connectivity index (χ0n) is 14.2. The normalized spacial score (nSPS) is 9.69. The molecule has 0 saturated carbocycles. The molecule has 2 heterocycles. The van der Waals surface area contributed by atoms with Crippen molar-refractivity contribution in [3.63, 3.8) is 0 Å². The lowest BCUT2D eigenvalue weighted by Gasteiger charge is -2.01. The molecular formula is C18H22Br2N2O4. The third-order valence-electron chi connectivity index (χ3n) is 3.73. The fourth-order valence-corrected chi connectivity index (χ4v) is 2.42. The highest BCUT2D eigenvalue weighted by atomic mass is 79.9. The molecule has 0 saturated heterocycles. The third-order valence-corrected chi connectivity index (χ3v) is 3.73. The molecular weight excluding hydrogens is 468 g/mol. The Labute approximate surface area is 173 Å². The van der Waals surface area contributed by atoms with Gasteiger partial charge in [-0.05, 0) is 11.1 Å². The second-order valence-corrected chi connectivity index (χ2v) is 5.64. The van der Waals surface area contributed by atoms with Gasteiger partial charge in [-0.2, -0.15) is 0 Å². The summed E-state index contributed by atoms with van der Waals surface area (Å²) in [7, 11) is 0. The van der Waals surface area contributed by atoms with E-state index in [0.29, 0.717) is 25.9 Å². The molecule has 2 N–H and O–H groups in total. The molecule has 0 atom stereocenters. The zero-order valence-corrected chi connectivity index (χ0v) is 17.4. The zero-order chi connectivity index (χ0) is 17.4. The summed E-state index contributed by atoms with van der Waals surface area (Å²) in [4.78, 5) is 21.0. The number of carboxylic acid groups (broad SMARTS) is 2. The van der Waals surface area contributed by atoms with Crippen LogP contribution in [0.25, 0.3) is 11.1 Å². The van der Waals surface area contributed by atoms with Crippen molar-refractivity contribution >= 4 is 11.9 Å². The summed E-state index contributed by atoms with van der Waals surface area (Å²) in [6.45, 7) is 1.37. The van der Waals surface area contributed by atoms with Crippen molar-refractivity contribution in [2.24, 2.45) is 0 Å². The molecule has 0 unspecified atom stereocenters. The first-order valence-electron chi connectivity index (χ1n) is 7.97. The molecule has 26 heavy (non-hydrogen) atoms. The van der Waals surface area contributed by atoms with Gasteiger partial charge in [-0.1, -0.05) is 0 Å². The number of aliphatic carboxylic acids is 2. The molecule has 2 rings (SSSR count). The highest BCUT2D eigenvalue weighted by molar-refractivity contribution is 5.66. The van der Waals surface area contributed by atoms with Crippen LogP contribution < -0.4 is 43.1 Å². The van der Waals surface area contributed by atoms with E-state index in [0.717, 1.165) is 11.1 Å². The first kappa shape index (κ1) is 24.2. The lowest BCUT2D eigenvalue weighted by atomic mass is 10.1. The Morgan fingerprint density at radius 3 is 1.27 bits per heavy atom. The minimum atomic E-state index is -0.770. The molecule has 0 aromatic carbocycles. The Bertz CT molecular complexity index is 630. The van der Waals surface area contributed by atoms with Gasteiger partial charge in [0.1, 0.15) is 13.1 Å². The van der Waals surface area contributed by atoms with Crippen LogP contribution in [0.5, 0.6) is 0 Å². The lowest BCUT2D eigenvalue weighted by Crippen LogP contribution is -3.00. The molecule has 0 aliphatic rings. The topological polar surface area (TPSA) is 82.4 Å². The highest BCUT2D eigenvalue weighted by Gasteiger charge is 2.07. The van der Waals surface area contributed by atoms with Gasteiger partial charge in [0, 0.05) is 37.1 Å². The minimum Gasteiger partial charge on any atom is -1.00 e. The molecule has 0 fully saturated rings. The standard InChI is InChI=1S/C18H20N2O4.2BrH/c21-17(22)3-1-9-19-11-5-15(6-12-19)16-7-13-20(14-8-16)10-2-4-18(23)24;;/h5-8,11-14H,1-4,9-10H2;2*1H. The smallest absolute Gasteiger partial charge is 0.303 e. The largest absolute Gasteiger partial charge is 1.00 e. The molecule has 0 amide bonds. The van der Waals surface area contributed by atoms with Crippen molar-refractivity contribution in [2.45, 2.75) is 38.8 Å². The summed E-state index contributed by atoms with van der Waals surface area (Å²) in [5, 5.41) is 17.3. The molecule has 0 spiro atoms. The number of hydrogen-bond acceptors (Lipinski definition) is 2. The number of nitrogens with zero attached hydrogens (tertiary/aromatic N) is 2. The summed E-state index contributed by atoms with van der Waals surface area (Å²) in [5.74, 6) is -1.54. The Balaban J connectivity index is 0.00000312. The maximum Gasteiger partial charge on any atom is 0.303 e. The van der Waals surface area contributed by atoms with Crippen LogP contribution in [0.3, 0.4) is 0 Å².